The van der Waals surface area contributed by atoms with Crippen LogP contribution in [0.2, 0.25) is 0 Å². The summed E-state index contributed by atoms with van der Waals surface area (Å²) >= 11 is 1.97. The van der Waals surface area contributed by atoms with Crippen molar-refractivity contribution in [2.24, 2.45) is 5.73 Å². The highest BCUT2D eigenvalue weighted by Crippen LogP contribution is 2.34. The highest BCUT2D eigenvalue weighted by Gasteiger charge is 2.16. The van der Waals surface area contributed by atoms with Gasteiger partial charge in [-0.15, -0.1) is 11.8 Å². The van der Waals surface area contributed by atoms with E-state index >= 15 is 0 Å². The van der Waals surface area contributed by atoms with Crippen LogP contribution >= 0.6 is 11.8 Å². The Morgan fingerprint density at radius 3 is 2.44 bits per heavy atom. The summed E-state index contributed by atoms with van der Waals surface area (Å²) in [4.78, 5) is 1.31. The minimum atomic E-state index is -0.523. The summed E-state index contributed by atoms with van der Waals surface area (Å²) in [5.41, 5.74) is 6.33. The quantitative estimate of drug-likeness (QED) is 0.846. The molecule has 3 heteroatoms. The number of rotatable bonds is 4. The zero-order chi connectivity index (χ0) is 11.4. The van der Waals surface area contributed by atoms with Gasteiger partial charge in [0, 0.05) is 16.7 Å². The summed E-state index contributed by atoms with van der Waals surface area (Å²) in [7, 11) is 0. The third-order valence-electron chi connectivity index (χ3n) is 3.09. The van der Waals surface area contributed by atoms with E-state index in [0.29, 0.717) is 0 Å². The summed E-state index contributed by atoms with van der Waals surface area (Å²) in [5.74, 6) is 0. The molecule has 2 rings (SSSR count). The van der Waals surface area contributed by atoms with Gasteiger partial charge in [-0.05, 0) is 30.5 Å². The van der Waals surface area contributed by atoms with Crippen LogP contribution in [-0.2, 0) is 0 Å². The van der Waals surface area contributed by atoms with Crippen LogP contribution in [0.4, 0.5) is 0 Å². The van der Waals surface area contributed by atoms with Gasteiger partial charge in [-0.25, -0.2) is 0 Å². The standard InChI is InChI=1S/C13H19NOS/c14-9-13(15)10-5-7-12(8-6-10)16-11-3-1-2-4-11/h5-8,11,13,15H,1-4,9,14H2. The molecule has 3 N–H and O–H groups in total. The average molecular weight is 237 g/mol. The maximum absolute atomic E-state index is 9.57. The molecule has 0 amide bonds. The summed E-state index contributed by atoms with van der Waals surface area (Å²) in [6.45, 7) is 0.287. The number of nitrogens with two attached hydrogens (primary N) is 1. The number of aliphatic hydroxyl groups excluding tert-OH is 1. The smallest absolute Gasteiger partial charge is 0.0912 e. The highest BCUT2D eigenvalue weighted by molar-refractivity contribution is 8.00. The average Bonchev–Trinajstić information content (AvgIpc) is 2.82. The Labute approximate surface area is 101 Å². The van der Waals surface area contributed by atoms with Crippen LogP contribution in [0.1, 0.15) is 37.4 Å². The van der Waals surface area contributed by atoms with Crippen molar-refractivity contribution in [1.29, 1.82) is 0 Å². The van der Waals surface area contributed by atoms with E-state index in [2.05, 4.69) is 12.1 Å². The van der Waals surface area contributed by atoms with Gasteiger partial charge >= 0.3 is 0 Å². The van der Waals surface area contributed by atoms with Crippen LogP contribution < -0.4 is 5.73 Å². The molecule has 0 heterocycles. The predicted octanol–water partition coefficient (Wildman–Crippen LogP) is 2.71. The van der Waals surface area contributed by atoms with Crippen LogP contribution in [-0.4, -0.2) is 16.9 Å². The maximum atomic E-state index is 9.57. The normalized spacial score (nSPS) is 18.9. The van der Waals surface area contributed by atoms with Gasteiger partial charge in [0.2, 0.25) is 0 Å². The molecule has 1 aromatic rings. The van der Waals surface area contributed by atoms with Gasteiger partial charge in [0.25, 0.3) is 0 Å². The van der Waals surface area contributed by atoms with E-state index in [9.17, 15) is 5.11 Å². The van der Waals surface area contributed by atoms with E-state index in [1.54, 1.807) is 0 Å². The van der Waals surface area contributed by atoms with Crippen LogP contribution in [0.5, 0.6) is 0 Å². The number of aliphatic hydroxyl groups is 1. The SMILES string of the molecule is NCC(O)c1ccc(SC2CCCC2)cc1. The number of thioether (sulfide) groups is 1. The van der Waals surface area contributed by atoms with Crippen molar-refractivity contribution in [3.8, 4) is 0 Å². The minimum Gasteiger partial charge on any atom is -0.387 e. The van der Waals surface area contributed by atoms with E-state index in [1.165, 1.54) is 30.6 Å². The Bertz CT molecular complexity index is 319. The van der Waals surface area contributed by atoms with Crippen molar-refractivity contribution in [1.82, 2.24) is 0 Å². The Kier molecular flexibility index (Phi) is 4.27. The van der Waals surface area contributed by atoms with E-state index in [4.69, 9.17) is 5.73 Å². The van der Waals surface area contributed by atoms with Crippen LogP contribution in [0, 0.1) is 0 Å². The van der Waals surface area contributed by atoms with Crippen molar-refractivity contribution in [2.75, 3.05) is 6.54 Å². The van der Waals surface area contributed by atoms with Crippen LogP contribution in [0.3, 0.4) is 0 Å². The second kappa shape index (κ2) is 5.71. The summed E-state index contributed by atoms with van der Waals surface area (Å²) in [6.07, 6.45) is 4.92. The van der Waals surface area contributed by atoms with E-state index in [-0.39, 0.29) is 6.54 Å². The lowest BCUT2D eigenvalue weighted by Crippen LogP contribution is -2.11. The van der Waals surface area contributed by atoms with Crippen LogP contribution in [0.25, 0.3) is 0 Å². The first-order valence-electron chi connectivity index (χ1n) is 5.94. The first kappa shape index (κ1) is 12.0. The van der Waals surface area contributed by atoms with Gasteiger partial charge in [0.05, 0.1) is 6.10 Å². The molecular formula is C13H19NOS. The fourth-order valence-corrected chi connectivity index (χ4v) is 3.35. The Morgan fingerprint density at radius 2 is 1.88 bits per heavy atom. The van der Waals surface area contributed by atoms with E-state index < -0.39 is 6.10 Å². The summed E-state index contributed by atoms with van der Waals surface area (Å²) in [5, 5.41) is 10.4. The topological polar surface area (TPSA) is 46.2 Å². The van der Waals surface area contributed by atoms with E-state index in [0.717, 1.165) is 10.8 Å². The zero-order valence-corrected chi connectivity index (χ0v) is 10.2. The minimum absolute atomic E-state index is 0.287. The van der Waals surface area contributed by atoms with Crippen molar-refractivity contribution in [3.63, 3.8) is 0 Å². The first-order valence-corrected chi connectivity index (χ1v) is 6.82. The fraction of sp³-hybridized carbons (Fsp3) is 0.538. The Morgan fingerprint density at radius 1 is 1.25 bits per heavy atom. The third-order valence-corrected chi connectivity index (χ3v) is 4.44. The molecule has 0 radical (unpaired) electrons. The maximum Gasteiger partial charge on any atom is 0.0912 e. The van der Waals surface area contributed by atoms with Crippen molar-refractivity contribution in [2.45, 2.75) is 41.9 Å². The molecule has 2 nitrogen and oxygen atoms in total. The van der Waals surface area contributed by atoms with Crippen molar-refractivity contribution in [3.05, 3.63) is 29.8 Å². The Hall–Kier alpha value is -0.510. The van der Waals surface area contributed by atoms with Crippen LogP contribution in [0.15, 0.2) is 29.2 Å². The molecule has 0 saturated heterocycles. The molecule has 0 bridgehead atoms. The molecule has 0 aromatic heterocycles. The molecule has 1 aliphatic carbocycles. The van der Waals surface area contributed by atoms with Crippen molar-refractivity contribution >= 4 is 11.8 Å². The molecule has 16 heavy (non-hydrogen) atoms. The second-order valence-electron chi connectivity index (χ2n) is 4.34. The number of hydrogen-bond acceptors (Lipinski definition) is 3. The van der Waals surface area contributed by atoms with E-state index in [1.807, 2.05) is 23.9 Å². The molecule has 1 aliphatic rings. The van der Waals surface area contributed by atoms with Crippen molar-refractivity contribution < 1.29 is 5.11 Å². The second-order valence-corrected chi connectivity index (χ2v) is 5.72. The van der Waals surface area contributed by atoms with Gasteiger partial charge in [-0.1, -0.05) is 25.0 Å². The highest BCUT2D eigenvalue weighted by atomic mass is 32.2. The molecule has 1 atom stereocenters. The molecular weight excluding hydrogens is 218 g/mol. The molecule has 1 aromatic carbocycles. The Balaban J connectivity index is 1.96. The molecule has 1 fully saturated rings. The lowest BCUT2D eigenvalue weighted by Gasteiger charge is -2.11. The number of benzene rings is 1. The monoisotopic (exact) mass is 237 g/mol. The molecule has 1 unspecified atom stereocenters. The largest absolute Gasteiger partial charge is 0.387 e. The molecule has 88 valence electrons. The molecule has 0 spiro atoms. The van der Waals surface area contributed by atoms with Gasteiger partial charge in [0.1, 0.15) is 0 Å². The summed E-state index contributed by atoms with van der Waals surface area (Å²) < 4.78 is 0. The van der Waals surface area contributed by atoms with Gasteiger partial charge < -0.3 is 10.8 Å². The lowest BCUT2D eigenvalue weighted by molar-refractivity contribution is 0.186. The number of hydrogen-bond donors (Lipinski definition) is 2. The zero-order valence-electron chi connectivity index (χ0n) is 9.43. The van der Waals surface area contributed by atoms with Gasteiger partial charge in [-0.3, -0.25) is 0 Å². The fourth-order valence-electron chi connectivity index (χ4n) is 2.10. The molecule has 1 saturated carbocycles. The predicted molar refractivity (Wildman–Crippen MR) is 68.6 cm³/mol. The third kappa shape index (κ3) is 3.00. The van der Waals surface area contributed by atoms with Gasteiger partial charge in [0.15, 0.2) is 0 Å². The lowest BCUT2D eigenvalue weighted by atomic mass is 10.1. The summed E-state index contributed by atoms with van der Waals surface area (Å²) in [6, 6.07) is 8.15. The van der Waals surface area contributed by atoms with Gasteiger partial charge in [-0.2, -0.15) is 0 Å². The molecule has 0 aliphatic heterocycles. The first-order chi connectivity index (χ1) is 7.79.